The van der Waals surface area contributed by atoms with Gasteiger partial charge in [-0.05, 0) is 44.0 Å². The standard InChI is InChI=1S/C22H26F3N3O3/c1-21(2,3)28-18(22(23,24)25)15-9-11-16(12-10-15)26-19(29)17(27-20(30)31)13-14-7-5-4-6-8-14/h4-12,17-18,27-28H,13H2,1-3H3,(H,26,29)(H,30,31). The molecule has 31 heavy (non-hydrogen) atoms. The van der Waals surface area contributed by atoms with Crippen molar-refractivity contribution in [1.82, 2.24) is 10.6 Å². The lowest BCUT2D eigenvalue weighted by Gasteiger charge is -2.30. The van der Waals surface area contributed by atoms with Crippen molar-refractivity contribution >= 4 is 17.7 Å². The normalized spacial score (nSPS) is 13.9. The van der Waals surface area contributed by atoms with Crippen molar-refractivity contribution in [2.75, 3.05) is 5.32 Å². The summed E-state index contributed by atoms with van der Waals surface area (Å²) in [6.07, 6.45) is -5.72. The maximum atomic E-state index is 13.5. The molecule has 0 saturated heterocycles. The van der Waals surface area contributed by atoms with Crippen LogP contribution >= 0.6 is 0 Å². The third kappa shape index (κ3) is 7.93. The first-order valence-corrected chi connectivity index (χ1v) is 9.64. The molecule has 0 aromatic heterocycles. The van der Waals surface area contributed by atoms with Crippen molar-refractivity contribution < 1.29 is 27.9 Å². The molecule has 0 aliphatic rings. The fourth-order valence-corrected chi connectivity index (χ4v) is 2.98. The molecule has 0 aliphatic heterocycles. The van der Waals surface area contributed by atoms with Crippen LogP contribution < -0.4 is 16.0 Å². The quantitative estimate of drug-likeness (QED) is 0.514. The number of hydrogen-bond acceptors (Lipinski definition) is 3. The SMILES string of the molecule is CC(C)(C)NC(c1ccc(NC(=O)C(Cc2ccccc2)NC(=O)O)cc1)C(F)(F)F. The lowest BCUT2D eigenvalue weighted by atomic mass is 10.0. The number of nitrogens with one attached hydrogen (secondary N) is 3. The molecule has 2 unspecified atom stereocenters. The molecule has 0 aliphatic carbocycles. The number of carbonyl (C=O) groups is 2. The molecular weight excluding hydrogens is 411 g/mol. The van der Waals surface area contributed by atoms with Crippen molar-refractivity contribution in [3.63, 3.8) is 0 Å². The smallest absolute Gasteiger partial charge is 0.407 e. The summed E-state index contributed by atoms with van der Waals surface area (Å²) >= 11 is 0. The van der Waals surface area contributed by atoms with E-state index in [2.05, 4.69) is 16.0 Å². The van der Waals surface area contributed by atoms with E-state index in [1.54, 1.807) is 51.1 Å². The van der Waals surface area contributed by atoms with Gasteiger partial charge in [0, 0.05) is 17.6 Å². The molecule has 0 heterocycles. The van der Waals surface area contributed by atoms with Crippen LogP contribution in [0.4, 0.5) is 23.7 Å². The molecule has 2 aromatic carbocycles. The van der Waals surface area contributed by atoms with Gasteiger partial charge in [0.15, 0.2) is 0 Å². The topological polar surface area (TPSA) is 90.5 Å². The number of anilines is 1. The summed E-state index contributed by atoms with van der Waals surface area (Å²) < 4.78 is 40.5. The van der Waals surface area contributed by atoms with Crippen molar-refractivity contribution in [3.05, 3.63) is 65.7 Å². The average molecular weight is 437 g/mol. The van der Waals surface area contributed by atoms with Gasteiger partial charge in [-0.25, -0.2) is 4.79 Å². The molecule has 2 rings (SSSR count). The minimum absolute atomic E-state index is 0.00456. The van der Waals surface area contributed by atoms with Gasteiger partial charge < -0.3 is 15.7 Å². The minimum atomic E-state index is -4.50. The average Bonchev–Trinajstić information content (AvgIpc) is 2.65. The van der Waals surface area contributed by atoms with Crippen LogP contribution in [0.2, 0.25) is 0 Å². The van der Waals surface area contributed by atoms with Gasteiger partial charge >= 0.3 is 12.3 Å². The predicted molar refractivity (Wildman–Crippen MR) is 112 cm³/mol. The zero-order valence-electron chi connectivity index (χ0n) is 17.5. The summed E-state index contributed by atoms with van der Waals surface area (Å²) in [7, 11) is 0. The van der Waals surface area contributed by atoms with E-state index in [9.17, 15) is 22.8 Å². The van der Waals surface area contributed by atoms with E-state index in [0.29, 0.717) is 0 Å². The number of alkyl halides is 3. The molecule has 4 N–H and O–H groups in total. The third-order valence-corrected chi connectivity index (χ3v) is 4.31. The van der Waals surface area contributed by atoms with Crippen LogP contribution in [-0.2, 0) is 11.2 Å². The van der Waals surface area contributed by atoms with Crippen molar-refractivity contribution in [3.8, 4) is 0 Å². The molecule has 2 atom stereocenters. The highest BCUT2D eigenvalue weighted by Crippen LogP contribution is 2.34. The maximum Gasteiger partial charge on any atom is 0.407 e. The first kappa shape index (κ1) is 24.2. The highest BCUT2D eigenvalue weighted by molar-refractivity contribution is 5.96. The van der Waals surface area contributed by atoms with Gasteiger partial charge in [-0.1, -0.05) is 42.5 Å². The fourth-order valence-electron chi connectivity index (χ4n) is 2.98. The van der Waals surface area contributed by atoms with Crippen molar-refractivity contribution in [1.29, 1.82) is 0 Å². The third-order valence-electron chi connectivity index (χ3n) is 4.31. The van der Waals surface area contributed by atoms with Crippen molar-refractivity contribution in [2.45, 2.75) is 51.0 Å². The minimum Gasteiger partial charge on any atom is -0.465 e. The second-order valence-electron chi connectivity index (χ2n) is 8.17. The highest BCUT2D eigenvalue weighted by Gasteiger charge is 2.42. The van der Waals surface area contributed by atoms with Crippen LogP contribution in [0.1, 0.15) is 37.9 Å². The summed E-state index contributed by atoms with van der Waals surface area (Å²) in [5.74, 6) is -0.612. The van der Waals surface area contributed by atoms with Gasteiger partial charge in [-0.2, -0.15) is 13.2 Å². The summed E-state index contributed by atoms with van der Waals surface area (Å²) in [4.78, 5) is 23.7. The highest BCUT2D eigenvalue weighted by atomic mass is 19.4. The first-order chi connectivity index (χ1) is 14.3. The number of benzene rings is 2. The molecule has 0 saturated carbocycles. The molecule has 0 radical (unpaired) electrons. The van der Waals surface area contributed by atoms with Gasteiger partial charge in [0.05, 0.1) is 0 Å². The Kier molecular flexibility index (Phi) is 7.67. The maximum absolute atomic E-state index is 13.5. The van der Waals surface area contributed by atoms with E-state index in [0.717, 1.165) is 5.56 Å². The number of amides is 2. The molecule has 0 bridgehead atoms. The number of rotatable bonds is 7. The van der Waals surface area contributed by atoms with E-state index in [-0.39, 0.29) is 17.7 Å². The second kappa shape index (κ2) is 9.82. The summed E-state index contributed by atoms with van der Waals surface area (Å²) in [5.41, 5.74) is 0.258. The fraction of sp³-hybridized carbons (Fsp3) is 0.364. The Morgan fingerprint density at radius 3 is 2.03 bits per heavy atom. The summed E-state index contributed by atoms with van der Waals surface area (Å²) in [6.45, 7) is 4.92. The zero-order valence-corrected chi connectivity index (χ0v) is 17.5. The Bertz CT molecular complexity index is 879. The summed E-state index contributed by atoms with van der Waals surface area (Å²) in [6, 6.07) is 11.2. The van der Waals surface area contributed by atoms with Gasteiger partial charge in [0.2, 0.25) is 5.91 Å². The van der Waals surface area contributed by atoms with Crippen LogP contribution in [0.3, 0.4) is 0 Å². The van der Waals surface area contributed by atoms with E-state index in [1.807, 2.05) is 0 Å². The lowest BCUT2D eigenvalue weighted by molar-refractivity contribution is -0.161. The Morgan fingerprint density at radius 2 is 1.55 bits per heavy atom. The predicted octanol–water partition coefficient (Wildman–Crippen LogP) is 4.50. The largest absolute Gasteiger partial charge is 0.465 e. The molecule has 168 valence electrons. The van der Waals surface area contributed by atoms with Crippen molar-refractivity contribution in [2.24, 2.45) is 0 Å². The van der Waals surface area contributed by atoms with Crippen LogP contribution in [0.25, 0.3) is 0 Å². The number of halogens is 3. The molecule has 6 nitrogen and oxygen atoms in total. The number of carbonyl (C=O) groups excluding carboxylic acids is 1. The van der Waals surface area contributed by atoms with E-state index >= 15 is 0 Å². The van der Waals surface area contributed by atoms with Crippen LogP contribution in [-0.4, -0.2) is 34.9 Å². The van der Waals surface area contributed by atoms with Crippen LogP contribution in [0.5, 0.6) is 0 Å². The molecule has 0 spiro atoms. The Hall–Kier alpha value is -3.07. The Morgan fingerprint density at radius 1 is 0.968 bits per heavy atom. The molecule has 2 aromatic rings. The van der Waals surface area contributed by atoms with Gasteiger partial charge in [-0.15, -0.1) is 0 Å². The van der Waals surface area contributed by atoms with Crippen LogP contribution in [0, 0.1) is 0 Å². The van der Waals surface area contributed by atoms with E-state index in [1.165, 1.54) is 24.3 Å². The molecule has 0 fully saturated rings. The van der Waals surface area contributed by atoms with Crippen LogP contribution in [0.15, 0.2) is 54.6 Å². The Balaban J connectivity index is 2.15. The molecule has 2 amide bonds. The first-order valence-electron chi connectivity index (χ1n) is 9.64. The van der Waals surface area contributed by atoms with E-state index < -0.39 is 35.8 Å². The molecule has 9 heteroatoms. The van der Waals surface area contributed by atoms with Gasteiger partial charge in [0.1, 0.15) is 12.1 Å². The zero-order chi connectivity index (χ0) is 23.2. The van der Waals surface area contributed by atoms with E-state index in [4.69, 9.17) is 5.11 Å². The molecular formula is C22H26F3N3O3. The summed E-state index contributed by atoms with van der Waals surface area (Å²) in [5, 5.41) is 16.3. The number of hydrogen-bond donors (Lipinski definition) is 4. The van der Waals surface area contributed by atoms with Gasteiger partial charge in [-0.3, -0.25) is 10.1 Å². The monoisotopic (exact) mass is 437 g/mol. The number of carboxylic acid groups (broad SMARTS) is 1. The lowest BCUT2D eigenvalue weighted by Crippen LogP contribution is -2.45. The Labute approximate surface area is 178 Å². The second-order valence-corrected chi connectivity index (χ2v) is 8.17. The van der Waals surface area contributed by atoms with Gasteiger partial charge in [0.25, 0.3) is 0 Å².